The molecule has 1 heterocycles. The van der Waals surface area contributed by atoms with Gasteiger partial charge in [0.2, 0.25) is 4.73 Å². The topological polar surface area (TPSA) is 30.7 Å². The minimum Gasteiger partial charge on any atom is -0.247 e. The molecule has 0 atom stereocenters. The van der Waals surface area contributed by atoms with Gasteiger partial charge in [-0.15, -0.1) is 5.10 Å². The van der Waals surface area contributed by atoms with Gasteiger partial charge in [-0.2, -0.15) is 13.2 Å². The molecule has 1 aromatic heterocycles. The van der Waals surface area contributed by atoms with Gasteiger partial charge in [0.1, 0.15) is 12.1 Å². The lowest BCUT2D eigenvalue weighted by atomic mass is 10.1. The maximum Gasteiger partial charge on any atom is 0.416 e. The second-order valence-electron chi connectivity index (χ2n) is 3.52. The van der Waals surface area contributed by atoms with Gasteiger partial charge in [-0.25, -0.2) is 14.1 Å². The first-order valence-corrected chi connectivity index (χ1v) is 5.56. The normalized spacial score (nSPS) is 11.8. The second-order valence-corrected chi connectivity index (χ2v) is 4.22. The van der Waals surface area contributed by atoms with Crippen molar-refractivity contribution in [2.24, 2.45) is 0 Å². The van der Waals surface area contributed by atoms with E-state index in [1.54, 1.807) is 0 Å². The molecule has 0 fully saturated rings. The molecule has 96 valence electrons. The van der Waals surface area contributed by atoms with Gasteiger partial charge in [0, 0.05) is 5.56 Å². The zero-order chi connectivity index (χ0) is 13.3. The predicted octanol–water partition coefficient (Wildman–Crippen LogP) is 3.25. The summed E-state index contributed by atoms with van der Waals surface area (Å²) in [6.45, 7) is 0.0164. The van der Waals surface area contributed by atoms with Gasteiger partial charge in [-0.1, -0.05) is 6.07 Å². The van der Waals surface area contributed by atoms with E-state index in [1.165, 1.54) is 11.0 Å². The fraction of sp³-hybridized carbons (Fsp3) is 0.200. The van der Waals surface area contributed by atoms with Gasteiger partial charge in [-0.3, -0.25) is 0 Å². The largest absolute Gasteiger partial charge is 0.416 e. The number of hydrogen-bond acceptors (Lipinski definition) is 2. The molecule has 0 saturated carbocycles. The summed E-state index contributed by atoms with van der Waals surface area (Å²) in [6.07, 6.45) is -3.20. The Morgan fingerprint density at radius 1 is 1.28 bits per heavy atom. The quantitative estimate of drug-likeness (QED) is 0.794. The van der Waals surface area contributed by atoms with Crippen LogP contribution in [0.5, 0.6) is 0 Å². The molecular formula is C10H6BrF4N3. The molecule has 0 amide bonds. The maximum atomic E-state index is 13.5. The van der Waals surface area contributed by atoms with E-state index in [1.807, 2.05) is 0 Å². The number of hydrogen-bond donors (Lipinski definition) is 0. The molecule has 0 aliphatic heterocycles. The highest BCUT2D eigenvalue weighted by atomic mass is 79.9. The van der Waals surface area contributed by atoms with Gasteiger partial charge in [0.25, 0.3) is 0 Å². The number of rotatable bonds is 2. The first-order valence-electron chi connectivity index (χ1n) is 4.77. The van der Waals surface area contributed by atoms with Crippen molar-refractivity contribution in [3.05, 3.63) is 46.2 Å². The lowest BCUT2D eigenvalue weighted by Gasteiger charge is -2.09. The van der Waals surface area contributed by atoms with Crippen molar-refractivity contribution in [1.29, 1.82) is 0 Å². The van der Waals surface area contributed by atoms with Crippen LogP contribution in [0.1, 0.15) is 11.1 Å². The average Bonchev–Trinajstić information content (AvgIpc) is 2.65. The zero-order valence-electron chi connectivity index (χ0n) is 8.75. The van der Waals surface area contributed by atoms with Gasteiger partial charge < -0.3 is 0 Å². The minimum atomic E-state index is -4.55. The Balaban J connectivity index is 2.25. The molecular weight excluding hydrogens is 318 g/mol. The Kier molecular flexibility index (Phi) is 3.38. The number of benzene rings is 1. The monoisotopic (exact) mass is 323 g/mol. The summed E-state index contributed by atoms with van der Waals surface area (Å²) in [5.74, 6) is -0.920. The van der Waals surface area contributed by atoms with Crippen LogP contribution in [0.15, 0.2) is 29.3 Å². The van der Waals surface area contributed by atoms with Gasteiger partial charge >= 0.3 is 6.18 Å². The van der Waals surface area contributed by atoms with Crippen LogP contribution < -0.4 is 0 Å². The molecule has 2 aromatic rings. The minimum absolute atomic E-state index is 0.0164. The third-order valence-electron chi connectivity index (χ3n) is 2.22. The summed E-state index contributed by atoms with van der Waals surface area (Å²) in [5.41, 5.74) is -0.899. The van der Waals surface area contributed by atoms with Gasteiger partial charge in [-0.05, 0) is 28.1 Å². The average molecular weight is 324 g/mol. The van der Waals surface area contributed by atoms with Crippen molar-refractivity contribution in [3.8, 4) is 0 Å². The molecule has 0 N–H and O–H groups in total. The van der Waals surface area contributed by atoms with E-state index in [9.17, 15) is 17.6 Å². The SMILES string of the molecule is Fc1cc(C(F)(F)F)ccc1Cn1cnc(Br)n1. The summed E-state index contributed by atoms with van der Waals surface area (Å²) < 4.78 is 52.1. The van der Waals surface area contributed by atoms with Crippen molar-refractivity contribution in [3.63, 3.8) is 0 Å². The van der Waals surface area contributed by atoms with Crippen LogP contribution in [0.2, 0.25) is 0 Å². The van der Waals surface area contributed by atoms with Gasteiger partial charge in [0.15, 0.2) is 0 Å². The molecule has 0 aliphatic rings. The molecule has 1 aromatic carbocycles. The molecule has 18 heavy (non-hydrogen) atoms. The van der Waals surface area contributed by atoms with Crippen LogP contribution in [-0.2, 0) is 12.7 Å². The molecule has 2 rings (SSSR count). The van der Waals surface area contributed by atoms with E-state index < -0.39 is 17.6 Å². The highest BCUT2D eigenvalue weighted by Crippen LogP contribution is 2.30. The zero-order valence-corrected chi connectivity index (χ0v) is 10.3. The molecule has 0 bridgehead atoms. The second kappa shape index (κ2) is 4.68. The highest BCUT2D eigenvalue weighted by Gasteiger charge is 2.31. The van der Waals surface area contributed by atoms with Crippen molar-refractivity contribution in [1.82, 2.24) is 14.8 Å². The summed E-state index contributed by atoms with van der Waals surface area (Å²) in [5, 5.41) is 3.85. The van der Waals surface area contributed by atoms with Crippen LogP contribution >= 0.6 is 15.9 Å². The molecule has 0 aliphatic carbocycles. The summed E-state index contributed by atoms with van der Waals surface area (Å²) in [4.78, 5) is 3.77. The fourth-order valence-corrected chi connectivity index (χ4v) is 1.67. The summed E-state index contributed by atoms with van der Waals surface area (Å²) in [7, 11) is 0. The summed E-state index contributed by atoms with van der Waals surface area (Å²) in [6, 6.07) is 2.40. The lowest BCUT2D eigenvalue weighted by molar-refractivity contribution is -0.137. The third-order valence-corrected chi connectivity index (χ3v) is 2.58. The van der Waals surface area contributed by atoms with Crippen LogP contribution in [-0.4, -0.2) is 14.8 Å². The lowest BCUT2D eigenvalue weighted by Crippen LogP contribution is -2.08. The van der Waals surface area contributed by atoms with Crippen LogP contribution in [0.3, 0.4) is 0 Å². The maximum absolute atomic E-state index is 13.5. The molecule has 0 radical (unpaired) electrons. The smallest absolute Gasteiger partial charge is 0.247 e. The molecule has 0 saturated heterocycles. The van der Waals surface area contributed by atoms with E-state index in [2.05, 4.69) is 26.0 Å². The Labute approximate surface area is 108 Å². The molecule has 3 nitrogen and oxygen atoms in total. The standard InChI is InChI=1S/C10H6BrF4N3/c11-9-16-5-18(17-9)4-6-1-2-7(3-8(6)12)10(13,14)15/h1-3,5H,4H2. The van der Waals surface area contributed by atoms with Crippen molar-refractivity contribution in [2.45, 2.75) is 12.7 Å². The Hall–Kier alpha value is -1.44. The van der Waals surface area contributed by atoms with Crippen LogP contribution in [0, 0.1) is 5.82 Å². The first kappa shape index (κ1) is 13.0. The van der Waals surface area contributed by atoms with Crippen molar-refractivity contribution >= 4 is 15.9 Å². The molecule has 8 heteroatoms. The van der Waals surface area contributed by atoms with Gasteiger partial charge in [0.05, 0.1) is 12.1 Å². The predicted molar refractivity (Wildman–Crippen MR) is 58.2 cm³/mol. The number of alkyl halides is 3. The van der Waals surface area contributed by atoms with Crippen molar-refractivity contribution in [2.75, 3.05) is 0 Å². The summed E-state index contributed by atoms with van der Waals surface area (Å²) >= 11 is 3.02. The number of nitrogens with zero attached hydrogens (tertiary/aromatic N) is 3. The Bertz CT molecular complexity index is 564. The highest BCUT2D eigenvalue weighted by molar-refractivity contribution is 9.10. The Morgan fingerprint density at radius 2 is 2.00 bits per heavy atom. The van der Waals surface area contributed by atoms with E-state index in [-0.39, 0.29) is 12.1 Å². The first-order chi connectivity index (χ1) is 8.36. The van der Waals surface area contributed by atoms with Crippen molar-refractivity contribution < 1.29 is 17.6 Å². The van der Waals surface area contributed by atoms with Crippen LogP contribution in [0.25, 0.3) is 0 Å². The third kappa shape index (κ3) is 2.87. The van der Waals surface area contributed by atoms with Crippen LogP contribution in [0.4, 0.5) is 17.6 Å². The number of halogens is 5. The van der Waals surface area contributed by atoms with E-state index in [4.69, 9.17) is 0 Å². The van der Waals surface area contributed by atoms with E-state index in [0.717, 1.165) is 12.1 Å². The number of aromatic nitrogens is 3. The van der Waals surface area contributed by atoms with E-state index >= 15 is 0 Å². The van der Waals surface area contributed by atoms with E-state index in [0.29, 0.717) is 10.8 Å². The molecule has 0 spiro atoms. The Morgan fingerprint density at radius 3 is 2.50 bits per heavy atom. The molecule has 0 unspecified atom stereocenters. The fourth-order valence-electron chi connectivity index (χ4n) is 1.37.